The van der Waals surface area contributed by atoms with Crippen LogP contribution in [0.1, 0.15) is 32.3 Å². The molecule has 6 heteroatoms. The SMILES string of the molecule is CCNC(=NCCCOCC1CCOC1)NCCN(CC)c1cccc(C)c1. The van der Waals surface area contributed by atoms with Gasteiger partial charge in [0.05, 0.1) is 13.2 Å². The highest BCUT2D eigenvalue weighted by atomic mass is 16.5. The van der Waals surface area contributed by atoms with Crippen molar-refractivity contribution in [1.82, 2.24) is 10.6 Å². The first kappa shape index (κ1) is 22.5. The van der Waals surface area contributed by atoms with Crippen LogP contribution >= 0.6 is 0 Å². The summed E-state index contributed by atoms with van der Waals surface area (Å²) in [5.74, 6) is 1.46. The van der Waals surface area contributed by atoms with Crippen molar-refractivity contribution in [2.75, 3.05) is 64.1 Å². The molecule has 0 bridgehead atoms. The number of rotatable bonds is 12. The minimum Gasteiger partial charge on any atom is -0.381 e. The molecule has 1 unspecified atom stereocenters. The molecule has 1 aliphatic heterocycles. The molecule has 0 saturated carbocycles. The highest BCUT2D eigenvalue weighted by Crippen LogP contribution is 2.15. The number of hydrogen-bond acceptors (Lipinski definition) is 4. The third-order valence-corrected chi connectivity index (χ3v) is 4.86. The minimum absolute atomic E-state index is 0.581. The van der Waals surface area contributed by atoms with E-state index >= 15 is 0 Å². The van der Waals surface area contributed by atoms with Crippen LogP contribution in [0.15, 0.2) is 29.3 Å². The lowest BCUT2D eigenvalue weighted by molar-refractivity contribution is 0.0893. The fourth-order valence-electron chi connectivity index (χ4n) is 3.27. The van der Waals surface area contributed by atoms with Gasteiger partial charge in [-0.1, -0.05) is 12.1 Å². The summed E-state index contributed by atoms with van der Waals surface area (Å²) in [7, 11) is 0. The van der Waals surface area contributed by atoms with Crippen LogP contribution in [0.5, 0.6) is 0 Å². The Labute approximate surface area is 170 Å². The molecule has 2 rings (SSSR count). The highest BCUT2D eigenvalue weighted by molar-refractivity contribution is 5.79. The van der Waals surface area contributed by atoms with Crippen molar-refractivity contribution in [3.05, 3.63) is 29.8 Å². The van der Waals surface area contributed by atoms with Gasteiger partial charge in [-0.25, -0.2) is 0 Å². The molecule has 1 aliphatic rings. The van der Waals surface area contributed by atoms with Crippen molar-refractivity contribution in [2.45, 2.75) is 33.6 Å². The Morgan fingerprint density at radius 1 is 1.32 bits per heavy atom. The maximum Gasteiger partial charge on any atom is 0.191 e. The van der Waals surface area contributed by atoms with E-state index in [1.807, 2.05) is 0 Å². The lowest BCUT2D eigenvalue weighted by atomic mass is 10.1. The number of nitrogens with one attached hydrogen (secondary N) is 2. The Kier molecular flexibility index (Phi) is 10.8. The zero-order chi connectivity index (χ0) is 20.0. The number of guanidine groups is 1. The summed E-state index contributed by atoms with van der Waals surface area (Å²) in [6, 6.07) is 8.67. The predicted octanol–water partition coefficient (Wildman–Crippen LogP) is 2.82. The summed E-state index contributed by atoms with van der Waals surface area (Å²) in [6.45, 7) is 14.1. The van der Waals surface area contributed by atoms with E-state index in [-0.39, 0.29) is 0 Å². The smallest absolute Gasteiger partial charge is 0.191 e. The normalized spacial score (nSPS) is 17.0. The lowest BCUT2D eigenvalue weighted by Crippen LogP contribution is -2.41. The zero-order valence-corrected chi connectivity index (χ0v) is 17.9. The van der Waals surface area contributed by atoms with E-state index in [9.17, 15) is 0 Å². The summed E-state index contributed by atoms with van der Waals surface area (Å²) < 4.78 is 11.1. The van der Waals surface area contributed by atoms with Crippen LogP contribution in [0.25, 0.3) is 0 Å². The van der Waals surface area contributed by atoms with Gasteiger partial charge in [0.25, 0.3) is 0 Å². The van der Waals surface area contributed by atoms with Crippen LogP contribution in [0, 0.1) is 12.8 Å². The third-order valence-electron chi connectivity index (χ3n) is 4.86. The molecule has 1 saturated heterocycles. The van der Waals surface area contributed by atoms with Gasteiger partial charge in [-0.3, -0.25) is 4.99 Å². The molecule has 1 atom stereocenters. The first-order valence-corrected chi connectivity index (χ1v) is 10.7. The number of nitrogens with zero attached hydrogens (tertiary/aromatic N) is 2. The van der Waals surface area contributed by atoms with Crippen LogP contribution in [0.3, 0.4) is 0 Å². The fourth-order valence-corrected chi connectivity index (χ4v) is 3.27. The number of ether oxygens (including phenoxy) is 2. The number of aliphatic imine (C=N–C) groups is 1. The van der Waals surface area contributed by atoms with Gasteiger partial charge >= 0.3 is 0 Å². The summed E-state index contributed by atoms with van der Waals surface area (Å²) in [4.78, 5) is 7.04. The van der Waals surface area contributed by atoms with Gasteiger partial charge in [-0.2, -0.15) is 0 Å². The number of benzene rings is 1. The van der Waals surface area contributed by atoms with Crippen molar-refractivity contribution < 1.29 is 9.47 Å². The minimum atomic E-state index is 0.581. The van der Waals surface area contributed by atoms with E-state index in [4.69, 9.17) is 9.47 Å². The molecule has 158 valence electrons. The fraction of sp³-hybridized carbons (Fsp3) is 0.682. The lowest BCUT2D eigenvalue weighted by Gasteiger charge is -2.24. The molecule has 1 fully saturated rings. The Hall–Kier alpha value is -1.79. The molecule has 2 N–H and O–H groups in total. The first-order chi connectivity index (χ1) is 13.7. The second kappa shape index (κ2) is 13.4. The van der Waals surface area contributed by atoms with E-state index in [1.165, 1.54) is 11.3 Å². The summed E-state index contributed by atoms with van der Waals surface area (Å²) in [6.07, 6.45) is 2.07. The molecule has 0 spiro atoms. The second-order valence-electron chi connectivity index (χ2n) is 7.26. The van der Waals surface area contributed by atoms with E-state index in [2.05, 4.69) is 65.6 Å². The highest BCUT2D eigenvalue weighted by Gasteiger charge is 2.15. The maximum atomic E-state index is 5.75. The van der Waals surface area contributed by atoms with Crippen molar-refractivity contribution >= 4 is 11.6 Å². The molecular weight excluding hydrogens is 352 g/mol. The molecule has 6 nitrogen and oxygen atoms in total. The van der Waals surface area contributed by atoms with Crippen LogP contribution in [-0.2, 0) is 9.47 Å². The second-order valence-corrected chi connectivity index (χ2v) is 7.26. The van der Waals surface area contributed by atoms with Crippen LogP contribution in [0.4, 0.5) is 5.69 Å². The number of hydrogen-bond donors (Lipinski definition) is 2. The predicted molar refractivity (Wildman–Crippen MR) is 117 cm³/mol. The average molecular weight is 391 g/mol. The Bertz CT molecular complexity index is 573. The molecule has 28 heavy (non-hydrogen) atoms. The summed E-state index contributed by atoms with van der Waals surface area (Å²) >= 11 is 0. The molecule has 1 aromatic carbocycles. The average Bonchev–Trinajstić information content (AvgIpc) is 3.21. The first-order valence-electron chi connectivity index (χ1n) is 10.7. The Morgan fingerprint density at radius 3 is 2.93 bits per heavy atom. The topological polar surface area (TPSA) is 58.1 Å². The van der Waals surface area contributed by atoms with Gasteiger partial charge in [-0.05, 0) is 51.3 Å². The summed E-state index contributed by atoms with van der Waals surface area (Å²) in [5, 5.41) is 6.77. The van der Waals surface area contributed by atoms with Gasteiger partial charge in [0, 0.05) is 57.5 Å². The summed E-state index contributed by atoms with van der Waals surface area (Å²) in [5.41, 5.74) is 2.57. The molecule has 1 heterocycles. The Balaban J connectivity index is 1.66. The van der Waals surface area contributed by atoms with E-state index in [0.717, 1.165) is 78.0 Å². The monoisotopic (exact) mass is 390 g/mol. The van der Waals surface area contributed by atoms with Gasteiger partial charge in [0.15, 0.2) is 5.96 Å². The van der Waals surface area contributed by atoms with Gasteiger partial charge in [0.2, 0.25) is 0 Å². The third kappa shape index (κ3) is 8.48. The van der Waals surface area contributed by atoms with Crippen molar-refractivity contribution in [3.63, 3.8) is 0 Å². The quantitative estimate of drug-likeness (QED) is 0.327. The number of likely N-dealkylation sites (N-methyl/N-ethyl adjacent to an activating group) is 1. The number of aryl methyl sites for hydroxylation is 1. The van der Waals surface area contributed by atoms with Crippen molar-refractivity contribution in [2.24, 2.45) is 10.9 Å². The van der Waals surface area contributed by atoms with E-state index in [0.29, 0.717) is 5.92 Å². The van der Waals surface area contributed by atoms with E-state index < -0.39 is 0 Å². The van der Waals surface area contributed by atoms with Crippen LogP contribution in [0.2, 0.25) is 0 Å². The van der Waals surface area contributed by atoms with Crippen LogP contribution < -0.4 is 15.5 Å². The van der Waals surface area contributed by atoms with E-state index in [1.54, 1.807) is 0 Å². The molecule has 0 aromatic heterocycles. The van der Waals surface area contributed by atoms with Crippen LogP contribution in [-0.4, -0.2) is 65.1 Å². The Morgan fingerprint density at radius 2 is 2.21 bits per heavy atom. The molecule has 0 amide bonds. The van der Waals surface area contributed by atoms with Gasteiger partial charge < -0.3 is 25.0 Å². The largest absolute Gasteiger partial charge is 0.381 e. The van der Waals surface area contributed by atoms with Crippen molar-refractivity contribution in [1.29, 1.82) is 0 Å². The van der Waals surface area contributed by atoms with Gasteiger partial charge in [0.1, 0.15) is 0 Å². The molecule has 0 aliphatic carbocycles. The van der Waals surface area contributed by atoms with Crippen molar-refractivity contribution in [3.8, 4) is 0 Å². The maximum absolute atomic E-state index is 5.75. The van der Waals surface area contributed by atoms with Gasteiger partial charge in [-0.15, -0.1) is 0 Å². The molecule has 1 aromatic rings. The number of anilines is 1. The zero-order valence-electron chi connectivity index (χ0n) is 17.9. The standard InChI is InChI=1S/C22H38N4O2/c1-4-23-22(24-11-7-14-27-17-20-10-15-28-18-20)25-12-13-26(5-2)21-9-6-8-19(3)16-21/h6,8-9,16,20H,4-5,7,10-15,17-18H2,1-3H3,(H2,23,24,25). The molecule has 0 radical (unpaired) electrons. The molecular formula is C22H38N4O2.